The first-order valence-electron chi connectivity index (χ1n) is 8.74. The van der Waals surface area contributed by atoms with Gasteiger partial charge in [-0.25, -0.2) is 4.39 Å². The predicted molar refractivity (Wildman–Crippen MR) is 103 cm³/mol. The highest BCUT2D eigenvalue weighted by Crippen LogP contribution is 2.26. The molecule has 4 nitrogen and oxygen atoms in total. The monoisotopic (exact) mass is 364 g/mol. The summed E-state index contributed by atoms with van der Waals surface area (Å²) in [7, 11) is 0. The summed E-state index contributed by atoms with van der Waals surface area (Å²) in [6.45, 7) is 3.51. The van der Waals surface area contributed by atoms with Gasteiger partial charge in [0.1, 0.15) is 12.4 Å². The number of hydrogen-bond acceptors (Lipinski definition) is 2. The van der Waals surface area contributed by atoms with Gasteiger partial charge < -0.3 is 9.88 Å². The highest BCUT2D eigenvalue weighted by atomic mass is 19.1. The van der Waals surface area contributed by atoms with Crippen LogP contribution in [0.4, 0.5) is 4.39 Å². The summed E-state index contributed by atoms with van der Waals surface area (Å²) in [5.74, 6) is -0.641. The topological polar surface area (TPSA) is 51.1 Å². The minimum absolute atomic E-state index is 0.0461. The molecule has 3 rings (SSSR count). The first kappa shape index (κ1) is 18.6. The highest BCUT2D eigenvalue weighted by Gasteiger charge is 2.18. The quantitative estimate of drug-likeness (QED) is 0.669. The largest absolute Gasteiger partial charge is 0.350 e. The molecule has 0 unspecified atom stereocenters. The van der Waals surface area contributed by atoms with Crippen molar-refractivity contribution in [2.75, 3.05) is 0 Å². The van der Waals surface area contributed by atoms with Gasteiger partial charge in [-0.3, -0.25) is 9.59 Å². The number of carbonyl (C=O) groups excluding carboxylic acids is 2. The molecule has 1 amide bonds. The van der Waals surface area contributed by atoms with Crippen LogP contribution in [0.15, 0.2) is 60.7 Å². The molecule has 0 fully saturated rings. The molecule has 0 spiro atoms. The van der Waals surface area contributed by atoms with Crippen LogP contribution in [0.1, 0.15) is 28.5 Å². The molecule has 0 radical (unpaired) electrons. The van der Waals surface area contributed by atoms with E-state index in [0.29, 0.717) is 11.1 Å². The Kier molecular flexibility index (Phi) is 5.50. The van der Waals surface area contributed by atoms with Crippen molar-refractivity contribution in [2.45, 2.75) is 26.9 Å². The minimum atomic E-state index is -0.348. The van der Waals surface area contributed by atoms with Crippen LogP contribution >= 0.6 is 0 Å². The molecule has 2 aromatic carbocycles. The van der Waals surface area contributed by atoms with Gasteiger partial charge in [0.15, 0.2) is 5.78 Å². The number of aromatic nitrogens is 1. The molecular weight excluding hydrogens is 343 g/mol. The van der Waals surface area contributed by atoms with Crippen LogP contribution in [0, 0.1) is 12.7 Å². The second-order valence-corrected chi connectivity index (χ2v) is 6.41. The summed E-state index contributed by atoms with van der Waals surface area (Å²) < 4.78 is 15.5. The van der Waals surface area contributed by atoms with Gasteiger partial charge in [0.2, 0.25) is 5.91 Å². The van der Waals surface area contributed by atoms with E-state index < -0.39 is 0 Å². The van der Waals surface area contributed by atoms with Crippen molar-refractivity contribution in [1.29, 1.82) is 0 Å². The second kappa shape index (κ2) is 7.99. The fourth-order valence-electron chi connectivity index (χ4n) is 3.09. The number of nitrogens with one attached hydrogen (secondary N) is 1. The molecular formula is C22H21FN2O2. The lowest BCUT2D eigenvalue weighted by Gasteiger charge is -2.13. The van der Waals surface area contributed by atoms with Crippen molar-refractivity contribution in [1.82, 2.24) is 9.88 Å². The summed E-state index contributed by atoms with van der Waals surface area (Å²) in [6.07, 6.45) is 0. The fraction of sp³-hybridized carbons (Fsp3) is 0.182. The Bertz CT molecular complexity index is 977. The van der Waals surface area contributed by atoms with E-state index in [0.717, 1.165) is 17.0 Å². The molecule has 1 N–H and O–H groups in total. The smallest absolute Gasteiger partial charge is 0.240 e. The van der Waals surface area contributed by atoms with E-state index in [1.165, 1.54) is 13.0 Å². The lowest BCUT2D eigenvalue weighted by Crippen LogP contribution is -2.28. The van der Waals surface area contributed by atoms with E-state index in [4.69, 9.17) is 0 Å². The van der Waals surface area contributed by atoms with E-state index in [9.17, 15) is 14.0 Å². The highest BCUT2D eigenvalue weighted by molar-refractivity contribution is 5.97. The maximum absolute atomic E-state index is 13.7. The molecule has 1 heterocycles. The molecule has 0 saturated carbocycles. The van der Waals surface area contributed by atoms with Crippen LogP contribution < -0.4 is 5.32 Å². The van der Waals surface area contributed by atoms with Gasteiger partial charge in [-0.1, -0.05) is 48.5 Å². The van der Waals surface area contributed by atoms with E-state index in [1.807, 2.05) is 47.9 Å². The third-order valence-electron chi connectivity index (χ3n) is 4.55. The Morgan fingerprint density at radius 3 is 2.37 bits per heavy atom. The Balaban J connectivity index is 1.84. The fourth-order valence-corrected chi connectivity index (χ4v) is 3.09. The first-order chi connectivity index (χ1) is 13.0. The normalized spacial score (nSPS) is 10.6. The summed E-state index contributed by atoms with van der Waals surface area (Å²) >= 11 is 0. The van der Waals surface area contributed by atoms with Crippen molar-refractivity contribution >= 4 is 11.7 Å². The average Bonchev–Trinajstić information content (AvgIpc) is 2.98. The Labute approximate surface area is 157 Å². The van der Waals surface area contributed by atoms with Gasteiger partial charge in [0, 0.05) is 29.1 Å². The zero-order chi connectivity index (χ0) is 19.4. The molecule has 138 valence electrons. The van der Waals surface area contributed by atoms with Gasteiger partial charge in [-0.15, -0.1) is 0 Å². The van der Waals surface area contributed by atoms with E-state index in [2.05, 4.69) is 5.32 Å². The number of hydrogen-bond donors (Lipinski definition) is 1. The van der Waals surface area contributed by atoms with Crippen LogP contribution in [-0.2, 0) is 17.9 Å². The van der Waals surface area contributed by atoms with Gasteiger partial charge in [0.25, 0.3) is 0 Å². The molecule has 0 aliphatic carbocycles. The molecule has 3 aromatic rings. The molecule has 0 aliphatic heterocycles. The SMILES string of the molecule is CC(=O)c1cc(-c2ccccc2)n(CC(=O)NCc2ccccc2F)c1C. The van der Waals surface area contributed by atoms with Gasteiger partial charge in [-0.2, -0.15) is 0 Å². The predicted octanol–water partition coefficient (Wildman–Crippen LogP) is 4.12. The number of Topliss-reactive ketones (excluding diaryl/α,β-unsaturated/α-hetero) is 1. The molecule has 0 bridgehead atoms. The average molecular weight is 364 g/mol. The van der Waals surface area contributed by atoms with Crippen LogP contribution in [0.5, 0.6) is 0 Å². The van der Waals surface area contributed by atoms with E-state index >= 15 is 0 Å². The standard InChI is InChI=1S/C22H21FN2O2/c1-15-19(16(2)26)12-21(17-8-4-3-5-9-17)25(15)14-22(27)24-13-18-10-6-7-11-20(18)23/h3-12H,13-14H2,1-2H3,(H,24,27). The van der Waals surface area contributed by atoms with Crippen LogP contribution in [0.2, 0.25) is 0 Å². The van der Waals surface area contributed by atoms with Crippen LogP contribution in [-0.4, -0.2) is 16.3 Å². The Morgan fingerprint density at radius 2 is 1.70 bits per heavy atom. The first-order valence-corrected chi connectivity index (χ1v) is 8.74. The van der Waals surface area contributed by atoms with Crippen molar-refractivity contribution < 1.29 is 14.0 Å². The number of ketones is 1. The van der Waals surface area contributed by atoms with Crippen LogP contribution in [0.25, 0.3) is 11.3 Å². The zero-order valence-corrected chi connectivity index (χ0v) is 15.3. The molecule has 0 aliphatic rings. The maximum atomic E-state index is 13.7. The van der Waals surface area contributed by atoms with E-state index in [1.54, 1.807) is 18.2 Å². The van der Waals surface area contributed by atoms with Gasteiger partial charge >= 0.3 is 0 Å². The molecule has 0 saturated heterocycles. The zero-order valence-electron chi connectivity index (χ0n) is 15.3. The molecule has 1 aromatic heterocycles. The third-order valence-corrected chi connectivity index (χ3v) is 4.55. The number of benzene rings is 2. The summed E-state index contributed by atoms with van der Waals surface area (Å²) in [5, 5.41) is 2.75. The summed E-state index contributed by atoms with van der Waals surface area (Å²) in [6, 6.07) is 17.8. The Hall–Kier alpha value is -3.21. The van der Waals surface area contributed by atoms with Crippen molar-refractivity contribution in [3.63, 3.8) is 0 Å². The van der Waals surface area contributed by atoms with E-state index in [-0.39, 0.29) is 30.6 Å². The van der Waals surface area contributed by atoms with Gasteiger partial charge in [-0.05, 0) is 31.5 Å². The summed E-state index contributed by atoms with van der Waals surface area (Å²) in [5.41, 5.74) is 3.50. The number of carbonyl (C=O) groups is 2. The minimum Gasteiger partial charge on any atom is -0.350 e. The Morgan fingerprint density at radius 1 is 1.04 bits per heavy atom. The molecule has 5 heteroatoms. The lowest BCUT2D eigenvalue weighted by atomic mass is 10.1. The number of rotatable bonds is 6. The number of amides is 1. The second-order valence-electron chi connectivity index (χ2n) is 6.41. The van der Waals surface area contributed by atoms with Gasteiger partial charge in [0.05, 0.1) is 0 Å². The maximum Gasteiger partial charge on any atom is 0.240 e. The summed E-state index contributed by atoms with van der Waals surface area (Å²) in [4.78, 5) is 24.4. The number of nitrogens with zero attached hydrogens (tertiary/aromatic N) is 1. The van der Waals surface area contributed by atoms with Crippen LogP contribution in [0.3, 0.4) is 0 Å². The third kappa shape index (κ3) is 4.14. The van der Waals surface area contributed by atoms with Crippen molar-refractivity contribution in [3.05, 3.63) is 83.3 Å². The number of halogens is 1. The molecule has 27 heavy (non-hydrogen) atoms. The van der Waals surface area contributed by atoms with Crippen molar-refractivity contribution in [3.8, 4) is 11.3 Å². The van der Waals surface area contributed by atoms with Crippen molar-refractivity contribution in [2.24, 2.45) is 0 Å². The molecule has 0 atom stereocenters. The lowest BCUT2D eigenvalue weighted by molar-refractivity contribution is -0.121.